The van der Waals surface area contributed by atoms with Gasteiger partial charge >= 0.3 is 5.69 Å². The Morgan fingerprint density at radius 3 is 2.58 bits per heavy atom. The van der Waals surface area contributed by atoms with Crippen LogP contribution < -0.4 is 11.2 Å². The SMILES string of the molecule is CCCCCCn1c(=O)n(C)c(=O)c2cn(C)nc21. The lowest BCUT2D eigenvalue weighted by Crippen LogP contribution is -2.38. The largest absolute Gasteiger partial charge is 0.332 e. The molecule has 2 rings (SSSR count). The van der Waals surface area contributed by atoms with Gasteiger partial charge in [-0.25, -0.2) is 4.79 Å². The van der Waals surface area contributed by atoms with Crippen molar-refractivity contribution in [2.75, 3.05) is 0 Å². The van der Waals surface area contributed by atoms with Crippen LogP contribution in [-0.2, 0) is 20.6 Å². The zero-order chi connectivity index (χ0) is 14.0. The van der Waals surface area contributed by atoms with Crippen LogP contribution in [0.1, 0.15) is 32.6 Å². The Bertz CT molecular complexity index is 693. The normalized spacial score (nSPS) is 11.3. The predicted octanol–water partition coefficient (Wildman–Crippen LogP) is 1.01. The first-order valence-electron chi connectivity index (χ1n) is 6.69. The topological polar surface area (TPSA) is 61.8 Å². The monoisotopic (exact) mass is 264 g/mol. The lowest BCUT2D eigenvalue weighted by Gasteiger charge is -2.08. The summed E-state index contributed by atoms with van der Waals surface area (Å²) < 4.78 is 4.34. The molecule has 0 aromatic carbocycles. The molecule has 104 valence electrons. The van der Waals surface area contributed by atoms with E-state index in [1.54, 1.807) is 22.5 Å². The molecule has 2 aromatic rings. The second kappa shape index (κ2) is 5.42. The Balaban J connectivity index is 2.47. The van der Waals surface area contributed by atoms with Gasteiger partial charge in [0.05, 0.1) is 0 Å². The molecule has 0 N–H and O–H groups in total. The van der Waals surface area contributed by atoms with E-state index in [0.29, 0.717) is 17.6 Å². The number of unbranched alkanes of at least 4 members (excludes halogenated alkanes) is 3. The van der Waals surface area contributed by atoms with E-state index >= 15 is 0 Å². The molecular weight excluding hydrogens is 244 g/mol. The van der Waals surface area contributed by atoms with Crippen molar-refractivity contribution in [3.63, 3.8) is 0 Å². The number of aromatic nitrogens is 4. The van der Waals surface area contributed by atoms with E-state index in [2.05, 4.69) is 12.0 Å². The molecule has 0 atom stereocenters. The molecule has 0 aliphatic heterocycles. The Hall–Kier alpha value is -1.85. The zero-order valence-corrected chi connectivity index (χ0v) is 11.7. The molecule has 0 aliphatic rings. The van der Waals surface area contributed by atoms with Gasteiger partial charge in [-0.15, -0.1) is 0 Å². The molecule has 0 saturated carbocycles. The fraction of sp³-hybridized carbons (Fsp3) is 0.615. The van der Waals surface area contributed by atoms with Crippen LogP contribution in [0.4, 0.5) is 0 Å². The molecule has 19 heavy (non-hydrogen) atoms. The van der Waals surface area contributed by atoms with E-state index in [9.17, 15) is 9.59 Å². The molecule has 0 aliphatic carbocycles. The lowest BCUT2D eigenvalue weighted by atomic mass is 10.2. The average molecular weight is 264 g/mol. The molecule has 0 amide bonds. The standard InChI is InChI=1S/C13H20N4O2/c1-4-5-6-7-8-17-11-10(9-15(2)14-11)12(18)16(3)13(17)19/h9H,4-8H2,1-3H3. The van der Waals surface area contributed by atoms with Crippen molar-refractivity contribution < 1.29 is 0 Å². The Kier molecular flexibility index (Phi) is 3.87. The minimum Gasteiger partial charge on any atom is -0.276 e. The summed E-state index contributed by atoms with van der Waals surface area (Å²) in [5.41, 5.74) is -0.0716. The van der Waals surface area contributed by atoms with Gasteiger partial charge in [-0.1, -0.05) is 26.2 Å². The Morgan fingerprint density at radius 1 is 1.16 bits per heavy atom. The number of hydrogen-bond donors (Lipinski definition) is 0. The highest BCUT2D eigenvalue weighted by molar-refractivity contribution is 5.73. The Labute approximate surface area is 111 Å². The van der Waals surface area contributed by atoms with E-state index in [1.807, 2.05) is 0 Å². The fourth-order valence-corrected chi connectivity index (χ4v) is 2.26. The maximum Gasteiger partial charge on any atom is 0.332 e. The minimum atomic E-state index is -0.285. The minimum absolute atomic E-state index is 0.280. The second-order valence-electron chi connectivity index (χ2n) is 4.90. The highest BCUT2D eigenvalue weighted by atomic mass is 16.2. The molecule has 6 nitrogen and oxygen atoms in total. The van der Waals surface area contributed by atoms with Crippen LogP contribution in [-0.4, -0.2) is 18.9 Å². The van der Waals surface area contributed by atoms with Gasteiger partial charge in [-0.3, -0.25) is 18.6 Å². The number of hydrogen-bond acceptors (Lipinski definition) is 3. The summed E-state index contributed by atoms with van der Waals surface area (Å²) in [4.78, 5) is 24.1. The van der Waals surface area contributed by atoms with Gasteiger partial charge in [-0.05, 0) is 6.42 Å². The van der Waals surface area contributed by atoms with Gasteiger partial charge in [0, 0.05) is 26.8 Å². The van der Waals surface area contributed by atoms with Gasteiger partial charge in [0.15, 0.2) is 5.65 Å². The maximum atomic E-state index is 12.2. The van der Waals surface area contributed by atoms with Crippen molar-refractivity contribution >= 4 is 11.0 Å². The molecule has 0 saturated heterocycles. The fourth-order valence-electron chi connectivity index (χ4n) is 2.26. The molecule has 0 fully saturated rings. The van der Waals surface area contributed by atoms with Crippen LogP contribution >= 0.6 is 0 Å². The molecule has 0 bridgehead atoms. The van der Waals surface area contributed by atoms with Crippen LogP contribution in [0.3, 0.4) is 0 Å². The van der Waals surface area contributed by atoms with Crippen LogP contribution in [0, 0.1) is 0 Å². The smallest absolute Gasteiger partial charge is 0.276 e. The third-order valence-electron chi connectivity index (χ3n) is 3.35. The molecular formula is C13H20N4O2. The predicted molar refractivity (Wildman–Crippen MR) is 74.4 cm³/mol. The van der Waals surface area contributed by atoms with Crippen molar-refractivity contribution in [2.24, 2.45) is 14.1 Å². The summed E-state index contributed by atoms with van der Waals surface area (Å²) in [6, 6.07) is 0. The van der Waals surface area contributed by atoms with Crippen LogP contribution in [0.15, 0.2) is 15.8 Å². The Morgan fingerprint density at radius 2 is 1.89 bits per heavy atom. The van der Waals surface area contributed by atoms with Gasteiger partial charge in [0.1, 0.15) is 5.39 Å². The summed E-state index contributed by atoms with van der Waals surface area (Å²) in [7, 11) is 3.27. The lowest BCUT2D eigenvalue weighted by molar-refractivity contribution is 0.552. The highest BCUT2D eigenvalue weighted by Crippen LogP contribution is 2.07. The zero-order valence-electron chi connectivity index (χ0n) is 11.7. The molecule has 6 heteroatoms. The number of nitrogens with zero attached hydrogens (tertiary/aromatic N) is 4. The molecule has 0 unspecified atom stereocenters. The van der Waals surface area contributed by atoms with Crippen molar-refractivity contribution in [1.29, 1.82) is 0 Å². The van der Waals surface area contributed by atoms with Crippen LogP contribution in [0.25, 0.3) is 11.0 Å². The first kappa shape index (κ1) is 13.6. The van der Waals surface area contributed by atoms with Crippen molar-refractivity contribution in [3.05, 3.63) is 27.0 Å². The summed E-state index contributed by atoms with van der Waals surface area (Å²) in [5.74, 6) is 0. The first-order valence-corrected chi connectivity index (χ1v) is 6.69. The summed E-state index contributed by atoms with van der Waals surface area (Å²) in [6.07, 6.45) is 5.99. The van der Waals surface area contributed by atoms with Gasteiger partial charge in [0.25, 0.3) is 5.56 Å². The van der Waals surface area contributed by atoms with Crippen molar-refractivity contribution in [1.82, 2.24) is 18.9 Å². The number of rotatable bonds is 5. The van der Waals surface area contributed by atoms with E-state index < -0.39 is 0 Å². The number of aryl methyl sites for hydroxylation is 2. The van der Waals surface area contributed by atoms with E-state index in [0.717, 1.165) is 30.3 Å². The second-order valence-corrected chi connectivity index (χ2v) is 4.90. The van der Waals surface area contributed by atoms with Crippen LogP contribution in [0.5, 0.6) is 0 Å². The van der Waals surface area contributed by atoms with Crippen LogP contribution in [0.2, 0.25) is 0 Å². The van der Waals surface area contributed by atoms with Gasteiger partial charge < -0.3 is 0 Å². The highest BCUT2D eigenvalue weighted by Gasteiger charge is 2.13. The summed E-state index contributed by atoms with van der Waals surface area (Å²) in [5, 5.41) is 4.74. The van der Waals surface area contributed by atoms with Crippen molar-refractivity contribution in [2.45, 2.75) is 39.2 Å². The van der Waals surface area contributed by atoms with Gasteiger partial charge in [-0.2, -0.15) is 5.10 Å². The maximum absolute atomic E-state index is 12.2. The van der Waals surface area contributed by atoms with Crippen molar-refractivity contribution in [3.8, 4) is 0 Å². The third kappa shape index (κ3) is 2.47. The number of fused-ring (bicyclic) bond motifs is 1. The molecule has 0 radical (unpaired) electrons. The summed E-state index contributed by atoms with van der Waals surface area (Å²) >= 11 is 0. The summed E-state index contributed by atoms with van der Waals surface area (Å²) in [6.45, 7) is 2.76. The van der Waals surface area contributed by atoms with E-state index in [4.69, 9.17) is 0 Å². The first-order chi connectivity index (χ1) is 9.06. The molecule has 0 spiro atoms. The van der Waals surface area contributed by atoms with E-state index in [1.165, 1.54) is 7.05 Å². The average Bonchev–Trinajstić information content (AvgIpc) is 2.77. The molecule has 2 heterocycles. The van der Waals surface area contributed by atoms with E-state index in [-0.39, 0.29) is 11.2 Å². The molecule has 2 aromatic heterocycles. The third-order valence-corrected chi connectivity index (χ3v) is 3.35. The quantitative estimate of drug-likeness (QED) is 0.757. The van der Waals surface area contributed by atoms with Gasteiger partial charge in [0.2, 0.25) is 0 Å².